The first-order valence-corrected chi connectivity index (χ1v) is 8.24. The zero-order valence-corrected chi connectivity index (χ0v) is 14.5. The van der Waals surface area contributed by atoms with E-state index in [0.29, 0.717) is 18.0 Å². The van der Waals surface area contributed by atoms with Crippen molar-refractivity contribution in [2.24, 2.45) is 0 Å². The number of carbonyl (C=O) groups is 2. The number of methoxy groups -OCH3 is 1. The van der Waals surface area contributed by atoms with Crippen LogP contribution in [0.25, 0.3) is 0 Å². The van der Waals surface area contributed by atoms with Crippen molar-refractivity contribution in [1.29, 1.82) is 0 Å². The van der Waals surface area contributed by atoms with E-state index in [-0.39, 0.29) is 22.3 Å². The van der Waals surface area contributed by atoms with Crippen molar-refractivity contribution in [2.75, 3.05) is 25.5 Å². The summed E-state index contributed by atoms with van der Waals surface area (Å²) >= 11 is 0.788. The fourth-order valence-corrected chi connectivity index (χ4v) is 2.92. The van der Waals surface area contributed by atoms with Crippen LogP contribution >= 0.6 is 11.3 Å². The lowest BCUT2D eigenvalue weighted by Crippen LogP contribution is -2.37. The number of thiophene rings is 1. The number of benzene rings is 1. The Labute approximate surface area is 148 Å². The number of carbonyl (C=O) groups excluding carboxylic acids is 2. The Morgan fingerprint density at radius 1 is 1.28 bits per heavy atom. The van der Waals surface area contributed by atoms with Gasteiger partial charge in [0, 0.05) is 12.6 Å². The number of hydrogen-bond acceptors (Lipinski definition) is 6. The molecule has 0 saturated heterocycles. The van der Waals surface area contributed by atoms with Gasteiger partial charge in [-0.3, -0.25) is 19.7 Å². The first-order chi connectivity index (χ1) is 12.0. The molecule has 0 fully saturated rings. The van der Waals surface area contributed by atoms with E-state index in [9.17, 15) is 19.7 Å². The smallest absolute Gasteiger partial charge is 0.324 e. The van der Waals surface area contributed by atoms with Gasteiger partial charge in [0.25, 0.3) is 5.91 Å². The highest BCUT2D eigenvalue weighted by molar-refractivity contribution is 7.17. The molecule has 0 spiro atoms. The van der Waals surface area contributed by atoms with Gasteiger partial charge < -0.3 is 15.0 Å². The molecular weight excluding hydrogens is 346 g/mol. The van der Waals surface area contributed by atoms with E-state index in [0.717, 1.165) is 11.3 Å². The molecule has 9 heteroatoms. The summed E-state index contributed by atoms with van der Waals surface area (Å²) in [6.07, 6.45) is 0. The summed E-state index contributed by atoms with van der Waals surface area (Å²) in [5.41, 5.74) is 0.505. The largest absolute Gasteiger partial charge is 0.495 e. The Bertz CT molecular complexity index is 790. The summed E-state index contributed by atoms with van der Waals surface area (Å²) in [6.45, 7) is 1.86. The standard InChI is InChI=1S/C16H17N3O5S/c1-3-18(16(21)13-8-9-15(25-13)19(22)23)10-14(20)17-11-6-4-5-7-12(11)24-2/h4-9H,3,10H2,1-2H3,(H,17,20). The summed E-state index contributed by atoms with van der Waals surface area (Å²) in [5, 5.41) is 13.3. The predicted octanol–water partition coefficient (Wildman–Crippen LogP) is 2.77. The maximum atomic E-state index is 12.4. The molecule has 1 aromatic carbocycles. The van der Waals surface area contributed by atoms with Crippen LogP contribution in [0.3, 0.4) is 0 Å². The van der Waals surface area contributed by atoms with Gasteiger partial charge in [-0.1, -0.05) is 23.5 Å². The normalized spacial score (nSPS) is 10.2. The third kappa shape index (κ3) is 4.54. The van der Waals surface area contributed by atoms with Crippen LogP contribution in [0.4, 0.5) is 10.7 Å². The fraction of sp³-hybridized carbons (Fsp3) is 0.250. The van der Waals surface area contributed by atoms with Crippen molar-refractivity contribution in [3.8, 4) is 5.75 Å². The molecule has 8 nitrogen and oxygen atoms in total. The first-order valence-electron chi connectivity index (χ1n) is 7.42. The van der Waals surface area contributed by atoms with Crippen molar-refractivity contribution in [3.63, 3.8) is 0 Å². The van der Waals surface area contributed by atoms with Gasteiger partial charge in [-0.15, -0.1) is 0 Å². The summed E-state index contributed by atoms with van der Waals surface area (Å²) in [6, 6.07) is 9.61. The fourth-order valence-electron chi connectivity index (χ4n) is 2.13. The van der Waals surface area contributed by atoms with E-state index in [2.05, 4.69) is 5.32 Å². The first kappa shape index (κ1) is 18.4. The average molecular weight is 363 g/mol. The zero-order valence-electron chi connectivity index (χ0n) is 13.7. The van der Waals surface area contributed by atoms with Gasteiger partial charge in [-0.25, -0.2) is 0 Å². The third-order valence-corrected chi connectivity index (χ3v) is 4.39. The van der Waals surface area contributed by atoms with Crippen LogP contribution in [-0.4, -0.2) is 41.8 Å². The molecule has 0 aliphatic rings. The Morgan fingerprint density at radius 3 is 2.60 bits per heavy atom. The molecule has 1 heterocycles. The number of ether oxygens (including phenoxy) is 1. The van der Waals surface area contributed by atoms with Gasteiger partial charge in [0.05, 0.1) is 22.6 Å². The van der Waals surface area contributed by atoms with Crippen LogP contribution in [0, 0.1) is 10.1 Å². The molecular formula is C16H17N3O5S. The van der Waals surface area contributed by atoms with Gasteiger partial charge in [-0.05, 0) is 25.1 Å². The lowest BCUT2D eigenvalue weighted by Gasteiger charge is -2.20. The van der Waals surface area contributed by atoms with E-state index < -0.39 is 10.8 Å². The van der Waals surface area contributed by atoms with Crippen molar-refractivity contribution in [2.45, 2.75) is 6.92 Å². The van der Waals surface area contributed by atoms with Gasteiger partial charge in [0.15, 0.2) is 0 Å². The Hall–Kier alpha value is -2.94. The van der Waals surface area contributed by atoms with Crippen LogP contribution in [0.15, 0.2) is 36.4 Å². The van der Waals surface area contributed by atoms with E-state index in [1.165, 1.54) is 24.1 Å². The van der Waals surface area contributed by atoms with Crippen LogP contribution in [-0.2, 0) is 4.79 Å². The molecule has 0 aliphatic heterocycles. The molecule has 2 rings (SSSR count). The van der Waals surface area contributed by atoms with Crippen LogP contribution in [0.1, 0.15) is 16.6 Å². The maximum absolute atomic E-state index is 12.4. The number of hydrogen-bond donors (Lipinski definition) is 1. The summed E-state index contributed by atoms with van der Waals surface area (Å²) in [5.74, 6) is -0.291. The quantitative estimate of drug-likeness (QED) is 0.602. The van der Waals surface area contributed by atoms with Crippen molar-refractivity contribution in [1.82, 2.24) is 4.90 Å². The SMILES string of the molecule is CCN(CC(=O)Nc1ccccc1OC)C(=O)c1ccc([N+](=O)[O-])s1. The van der Waals surface area contributed by atoms with Crippen LogP contribution < -0.4 is 10.1 Å². The minimum Gasteiger partial charge on any atom is -0.495 e. The summed E-state index contributed by atoms with van der Waals surface area (Å²) < 4.78 is 5.16. The number of para-hydroxylation sites is 2. The molecule has 0 unspecified atom stereocenters. The monoisotopic (exact) mass is 363 g/mol. The van der Waals surface area contributed by atoms with E-state index >= 15 is 0 Å². The predicted molar refractivity (Wildman–Crippen MR) is 94.2 cm³/mol. The second kappa shape index (κ2) is 8.25. The molecule has 1 N–H and O–H groups in total. The molecule has 0 aliphatic carbocycles. The third-order valence-electron chi connectivity index (χ3n) is 3.37. The molecule has 1 aromatic heterocycles. The summed E-state index contributed by atoms with van der Waals surface area (Å²) in [4.78, 5) is 36.4. The van der Waals surface area contributed by atoms with Crippen molar-refractivity contribution in [3.05, 3.63) is 51.4 Å². The highest BCUT2D eigenvalue weighted by Crippen LogP contribution is 2.25. The molecule has 25 heavy (non-hydrogen) atoms. The number of nitro groups is 1. The second-order valence-electron chi connectivity index (χ2n) is 4.96. The number of amides is 2. The highest BCUT2D eigenvalue weighted by atomic mass is 32.1. The molecule has 2 aromatic rings. The molecule has 132 valence electrons. The Kier molecular flexibility index (Phi) is 6.07. The lowest BCUT2D eigenvalue weighted by atomic mass is 10.3. The maximum Gasteiger partial charge on any atom is 0.324 e. The van der Waals surface area contributed by atoms with Gasteiger partial charge in [-0.2, -0.15) is 0 Å². The zero-order chi connectivity index (χ0) is 18.4. The number of rotatable bonds is 7. The minimum absolute atomic E-state index is 0.113. The molecule has 2 amide bonds. The summed E-state index contributed by atoms with van der Waals surface area (Å²) in [7, 11) is 1.50. The highest BCUT2D eigenvalue weighted by Gasteiger charge is 2.22. The lowest BCUT2D eigenvalue weighted by molar-refractivity contribution is -0.380. The molecule has 0 bridgehead atoms. The van der Waals surface area contributed by atoms with E-state index in [4.69, 9.17) is 4.74 Å². The van der Waals surface area contributed by atoms with Crippen molar-refractivity contribution < 1.29 is 19.2 Å². The topological polar surface area (TPSA) is 102 Å². The van der Waals surface area contributed by atoms with Crippen LogP contribution in [0.2, 0.25) is 0 Å². The number of anilines is 1. The van der Waals surface area contributed by atoms with E-state index in [1.54, 1.807) is 31.2 Å². The van der Waals surface area contributed by atoms with Gasteiger partial charge in [0.2, 0.25) is 5.91 Å². The molecule has 0 atom stereocenters. The Morgan fingerprint density at radius 2 is 2.00 bits per heavy atom. The van der Waals surface area contributed by atoms with Crippen LogP contribution in [0.5, 0.6) is 5.75 Å². The number of nitrogens with zero attached hydrogens (tertiary/aromatic N) is 2. The number of likely N-dealkylation sites (N-methyl/N-ethyl adjacent to an activating group) is 1. The number of nitrogens with one attached hydrogen (secondary N) is 1. The van der Waals surface area contributed by atoms with Gasteiger partial charge in [0.1, 0.15) is 12.3 Å². The second-order valence-corrected chi connectivity index (χ2v) is 6.03. The molecule has 0 saturated carbocycles. The van der Waals surface area contributed by atoms with Gasteiger partial charge >= 0.3 is 5.00 Å². The molecule has 0 radical (unpaired) electrons. The van der Waals surface area contributed by atoms with Crippen molar-refractivity contribution >= 4 is 33.8 Å². The minimum atomic E-state index is -0.549. The Balaban J connectivity index is 2.06. The van der Waals surface area contributed by atoms with E-state index in [1.807, 2.05) is 0 Å². The average Bonchev–Trinajstić information content (AvgIpc) is 3.10.